The number of benzene rings is 2. The fourth-order valence-corrected chi connectivity index (χ4v) is 2.17. The van der Waals surface area contributed by atoms with Gasteiger partial charge in [-0.2, -0.15) is 10.1 Å². The van der Waals surface area contributed by atoms with Crippen molar-refractivity contribution in [2.75, 3.05) is 0 Å². The molecule has 0 atom stereocenters. The highest BCUT2D eigenvalue weighted by Crippen LogP contribution is 2.26. The van der Waals surface area contributed by atoms with Gasteiger partial charge in [0.05, 0.1) is 22.3 Å². The van der Waals surface area contributed by atoms with Gasteiger partial charge in [-0.1, -0.05) is 12.1 Å². The molecule has 1 heterocycles. The lowest BCUT2D eigenvalue weighted by Crippen LogP contribution is -2.23. The predicted octanol–water partition coefficient (Wildman–Crippen LogP) is 1.93. The standard InChI is InChI=1S/C15H9N3O5/c19-13-6-5-9(7-12(13)18(22)23)8-16-17-14(20)10-3-1-2-4-11(10)15(17)21/h1-8,19H. The van der Waals surface area contributed by atoms with Crippen LogP contribution in [0.3, 0.4) is 0 Å². The molecule has 8 heteroatoms. The Bertz CT molecular complexity index is 840. The Labute approximate surface area is 129 Å². The fraction of sp³-hybridized carbons (Fsp3) is 0. The summed E-state index contributed by atoms with van der Waals surface area (Å²) in [6.45, 7) is 0. The molecular weight excluding hydrogens is 302 g/mol. The number of hydrogen-bond donors (Lipinski definition) is 1. The number of nitro groups is 1. The van der Waals surface area contributed by atoms with Crippen molar-refractivity contribution in [1.29, 1.82) is 0 Å². The molecule has 0 aliphatic carbocycles. The molecule has 1 N–H and O–H groups in total. The van der Waals surface area contributed by atoms with Crippen molar-refractivity contribution < 1.29 is 19.6 Å². The monoisotopic (exact) mass is 311 g/mol. The number of carbonyl (C=O) groups is 2. The third-order valence-electron chi connectivity index (χ3n) is 3.29. The molecule has 0 spiro atoms. The van der Waals surface area contributed by atoms with Gasteiger partial charge in [0, 0.05) is 11.6 Å². The maximum absolute atomic E-state index is 12.1. The van der Waals surface area contributed by atoms with E-state index in [0.29, 0.717) is 5.01 Å². The number of hydrogen-bond acceptors (Lipinski definition) is 6. The highest BCUT2D eigenvalue weighted by Gasteiger charge is 2.35. The van der Waals surface area contributed by atoms with Crippen LogP contribution in [0.25, 0.3) is 0 Å². The van der Waals surface area contributed by atoms with Crippen molar-refractivity contribution in [2.45, 2.75) is 0 Å². The summed E-state index contributed by atoms with van der Waals surface area (Å²) >= 11 is 0. The van der Waals surface area contributed by atoms with E-state index >= 15 is 0 Å². The van der Waals surface area contributed by atoms with Crippen molar-refractivity contribution >= 4 is 23.7 Å². The summed E-state index contributed by atoms with van der Waals surface area (Å²) in [5.41, 5.74) is 0.292. The molecule has 1 aliphatic heterocycles. The lowest BCUT2D eigenvalue weighted by Gasteiger charge is -2.05. The van der Waals surface area contributed by atoms with Crippen LogP contribution < -0.4 is 0 Å². The number of nitrogens with zero attached hydrogens (tertiary/aromatic N) is 3. The van der Waals surface area contributed by atoms with Crippen molar-refractivity contribution in [1.82, 2.24) is 5.01 Å². The molecule has 0 unspecified atom stereocenters. The van der Waals surface area contributed by atoms with Gasteiger partial charge < -0.3 is 5.11 Å². The Morgan fingerprint density at radius 3 is 2.26 bits per heavy atom. The molecule has 3 rings (SSSR count). The highest BCUT2D eigenvalue weighted by molar-refractivity contribution is 6.21. The van der Waals surface area contributed by atoms with Crippen LogP contribution in [-0.4, -0.2) is 33.1 Å². The number of rotatable bonds is 3. The van der Waals surface area contributed by atoms with E-state index in [1.165, 1.54) is 18.2 Å². The number of phenolic OH excluding ortho intramolecular Hbond substituents is 1. The van der Waals surface area contributed by atoms with Crippen LogP contribution in [0.15, 0.2) is 47.6 Å². The van der Waals surface area contributed by atoms with E-state index in [2.05, 4.69) is 5.10 Å². The topological polar surface area (TPSA) is 113 Å². The highest BCUT2D eigenvalue weighted by atomic mass is 16.6. The largest absolute Gasteiger partial charge is 0.502 e. The number of carbonyl (C=O) groups excluding carboxylic acids is 2. The van der Waals surface area contributed by atoms with E-state index in [1.54, 1.807) is 12.1 Å². The molecule has 114 valence electrons. The molecule has 0 fully saturated rings. The molecule has 0 saturated heterocycles. The summed E-state index contributed by atoms with van der Waals surface area (Å²) in [7, 11) is 0. The summed E-state index contributed by atoms with van der Waals surface area (Å²) in [6.07, 6.45) is 1.15. The number of aromatic hydroxyl groups is 1. The maximum Gasteiger partial charge on any atom is 0.311 e. The number of phenols is 1. The second kappa shape index (κ2) is 5.34. The SMILES string of the molecule is O=C1c2ccccc2C(=O)N1N=Cc1ccc(O)c([N+](=O)[O-])c1. The Morgan fingerprint density at radius 1 is 1.09 bits per heavy atom. The average Bonchev–Trinajstić information content (AvgIpc) is 2.78. The zero-order valence-electron chi connectivity index (χ0n) is 11.5. The number of fused-ring (bicyclic) bond motifs is 1. The Kier molecular flexibility index (Phi) is 3.34. The number of imide groups is 1. The minimum absolute atomic E-state index is 0.256. The van der Waals surface area contributed by atoms with Crippen molar-refractivity contribution in [3.05, 3.63) is 69.3 Å². The van der Waals surface area contributed by atoms with Crippen molar-refractivity contribution in [2.24, 2.45) is 5.10 Å². The first kappa shape index (κ1) is 14.4. The molecular formula is C15H9N3O5. The van der Waals surface area contributed by atoms with Crippen LogP contribution >= 0.6 is 0 Å². The molecule has 0 radical (unpaired) electrons. The summed E-state index contributed by atoms with van der Waals surface area (Å²) in [5.74, 6) is -1.60. The van der Waals surface area contributed by atoms with Crippen LogP contribution in [0.2, 0.25) is 0 Å². The van der Waals surface area contributed by atoms with Gasteiger partial charge in [-0.3, -0.25) is 19.7 Å². The number of hydrazone groups is 1. The fourth-order valence-electron chi connectivity index (χ4n) is 2.17. The molecule has 0 saturated carbocycles. The summed E-state index contributed by atoms with van der Waals surface area (Å²) < 4.78 is 0. The quantitative estimate of drug-likeness (QED) is 0.403. The van der Waals surface area contributed by atoms with Gasteiger partial charge in [-0.05, 0) is 24.3 Å². The lowest BCUT2D eigenvalue weighted by molar-refractivity contribution is -0.385. The molecule has 0 aromatic heterocycles. The zero-order valence-corrected chi connectivity index (χ0v) is 11.5. The summed E-state index contributed by atoms with van der Waals surface area (Å²) in [6, 6.07) is 9.94. The first-order valence-corrected chi connectivity index (χ1v) is 6.48. The van der Waals surface area contributed by atoms with Gasteiger partial charge in [-0.15, -0.1) is 0 Å². The first-order chi connectivity index (χ1) is 11.0. The van der Waals surface area contributed by atoms with E-state index in [-0.39, 0.29) is 16.7 Å². The predicted molar refractivity (Wildman–Crippen MR) is 79.3 cm³/mol. The minimum atomic E-state index is -0.741. The van der Waals surface area contributed by atoms with Crippen molar-refractivity contribution in [3.63, 3.8) is 0 Å². The summed E-state index contributed by atoms with van der Waals surface area (Å²) in [4.78, 5) is 34.2. The first-order valence-electron chi connectivity index (χ1n) is 6.48. The second-order valence-corrected chi connectivity index (χ2v) is 4.72. The van der Waals surface area contributed by atoms with E-state index in [9.17, 15) is 24.8 Å². The molecule has 1 aliphatic rings. The second-order valence-electron chi connectivity index (χ2n) is 4.72. The van der Waals surface area contributed by atoms with Gasteiger partial charge in [0.1, 0.15) is 0 Å². The van der Waals surface area contributed by atoms with E-state index < -0.39 is 28.2 Å². The zero-order chi connectivity index (χ0) is 16.6. The van der Waals surface area contributed by atoms with E-state index in [4.69, 9.17) is 0 Å². The van der Waals surface area contributed by atoms with Gasteiger partial charge in [0.15, 0.2) is 5.75 Å². The van der Waals surface area contributed by atoms with Gasteiger partial charge >= 0.3 is 5.69 Å². The number of amides is 2. The van der Waals surface area contributed by atoms with E-state index in [1.807, 2.05) is 0 Å². The van der Waals surface area contributed by atoms with E-state index in [0.717, 1.165) is 18.3 Å². The Balaban J connectivity index is 1.90. The molecule has 0 bridgehead atoms. The minimum Gasteiger partial charge on any atom is -0.502 e. The molecule has 2 aromatic carbocycles. The average molecular weight is 311 g/mol. The maximum atomic E-state index is 12.1. The molecule has 2 amide bonds. The lowest BCUT2D eigenvalue weighted by atomic mass is 10.1. The van der Waals surface area contributed by atoms with Gasteiger partial charge in [0.2, 0.25) is 0 Å². The summed E-state index contributed by atoms with van der Waals surface area (Å²) in [5, 5.41) is 24.7. The Hall–Kier alpha value is -3.55. The molecule has 8 nitrogen and oxygen atoms in total. The Morgan fingerprint density at radius 2 is 1.70 bits per heavy atom. The van der Waals surface area contributed by atoms with Crippen LogP contribution in [0.1, 0.15) is 26.3 Å². The van der Waals surface area contributed by atoms with Gasteiger partial charge in [0.25, 0.3) is 11.8 Å². The molecule has 23 heavy (non-hydrogen) atoms. The van der Waals surface area contributed by atoms with Gasteiger partial charge in [-0.25, -0.2) is 0 Å². The number of nitro benzene ring substituents is 1. The molecule has 2 aromatic rings. The van der Waals surface area contributed by atoms with Crippen LogP contribution in [0.4, 0.5) is 5.69 Å². The van der Waals surface area contributed by atoms with Crippen molar-refractivity contribution in [3.8, 4) is 5.75 Å². The van der Waals surface area contributed by atoms with Crippen LogP contribution in [0, 0.1) is 10.1 Å². The third kappa shape index (κ3) is 2.42. The third-order valence-corrected chi connectivity index (χ3v) is 3.29. The smallest absolute Gasteiger partial charge is 0.311 e. The van der Waals surface area contributed by atoms with Crippen LogP contribution in [-0.2, 0) is 0 Å². The van der Waals surface area contributed by atoms with Crippen LogP contribution in [0.5, 0.6) is 5.75 Å². The normalized spacial score (nSPS) is 13.7.